The van der Waals surface area contributed by atoms with Gasteiger partial charge < -0.3 is 0 Å². The fourth-order valence-electron chi connectivity index (χ4n) is 0.553. The van der Waals surface area contributed by atoms with Crippen molar-refractivity contribution >= 4 is 0 Å². The minimum atomic E-state index is -0.496. The third kappa shape index (κ3) is 0.664. The molecule has 48 valence electrons. The zero-order chi connectivity index (χ0) is 7.56. The molecule has 1 rings (SSSR count). The lowest BCUT2D eigenvalue weighted by Crippen LogP contribution is -2.15. The Morgan fingerprint density at radius 3 is 2.50 bits per heavy atom. The molecule has 0 saturated carbocycles. The SMILES string of the molecule is N#Cn1ccc(=O)n1C#N. The van der Waals surface area contributed by atoms with E-state index in [4.69, 9.17) is 10.5 Å². The highest BCUT2D eigenvalue weighted by Crippen LogP contribution is 1.77. The lowest BCUT2D eigenvalue weighted by Gasteiger charge is -1.86. The molecule has 0 aliphatic carbocycles. The van der Waals surface area contributed by atoms with Crippen LogP contribution in [0.1, 0.15) is 0 Å². The molecule has 0 atom stereocenters. The van der Waals surface area contributed by atoms with Crippen LogP contribution in [0.2, 0.25) is 0 Å². The van der Waals surface area contributed by atoms with Gasteiger partial charge in [0.05, 0.1) is 0 Å². The summed E-state index contributed by atoms with van der Waals surface area (Å²) in [6.07, 6.45) is 4.39. The van der Waals surface area contributed by atoms with E-state index in [1.165, 1.54) is 12.4 Å². The van der Waals surface area contributed by atoms with Gasteiger partial charge in [-0.15, -0.1) is 4.68 Å². The van der Waals surface area contributed by atoms with Crippen LogP contribution in [-0.2, 0) is 0 Å². The maximum atomic E-state index is 10.6. The van der Waals surface area contributed by atoms with E-state index in [2.05, 4.69) is 0 Å². The van der Waals surface area contributed by atoms with Crippen molar-refractivity contribution in [1.82, 2.24) is 9.36 Å². The number of rotatable bonds is 0. The second-order valence-electron chi connectivity index (χ2n) is 1.51. The highest BCUT2D eigenvalue weighted by Gasteiger charge is 1.97. The molecule has 0 aromatic carbocycles. The lowest BCUT2D eigenvalue weighted by atomic mass is 10.7. The topological polar surface area (TPSA) is 74.5 Å². The predicted molar refractivity (Wildman–Crippen MR) is 30.7 cm³/mol. The van der Waals surface area contributed by atoms with Gasteiger partial charge in [0.2, 0.25) is 12.4 Å². The first-order chi connectivity index (χ1) is 4.79. The molecule has 10 heavy (non-hydrogen) atoms. The molecular weight excluding hydrogens is 132 g/mol. The minimum Gasteiger partial charge on any atom is -0.267 e. The van der Waals surface area contributed by atoms with Crippen LogP contribution in [0, 0.1) is 22.9 Å². The van der Waals surface area contributed by atoms with Gasteiger partial charge in [0, 0.05) is 12.3 Å². The molecule has 5 heteroatoms. The van der Waals surface area contributed by atoms with E-state index in [-0.39, 0.29) is 0 Å². The number of hydrogen-bond donors (Lipinski definition) is 0. The number of aromatic nitrogens is 2. The lowest BCUT2D eigenvalue weighted by molar-refractivity contribution is 0.747. The van der Waals surface area contributed by atoms with E-state index in [1.807, 2.05) is 0 Å². The van der Waals surface area contributed by atoms with Crippen molar-refractivity contribution in [1.29, 1.82) is 10.5 Å². The van der Waals surface area contributed by atoms with Gasteiger partial charge in [0.1, 0.15) is 0 Å². The van der Waals surface area contributed by atoms with Crippen LogP contribution in [0.15, 0.2) is 17.1 Å². The average Bonchev–Trinajstić information content (AvgIpc) is 2.30. The summed E-state index contributed by atoms with van der Waals surface area (Å²) in [5.74, 6) is 0. The van der Waals surface area contributed by atoms with Crippen LogP contribution in [0.25, 0.3) is 0 Å². The Morgan fingerprint density at radius 1 is 1.40 bits per heavy atom. The van der Waals surface area contributed by atoms with E-state index in [9.17, 15) is 4.79 Å². The molecule has 0 amide bonds. The summed E-state index contributed by atoms with van der Waals surface area (Å²) in [5.41, 5.74) is -0.496. The quantitative estimate of drug-likeness (QED) is 0.471. The van der Waals surface area contributed by atoms with Crippen molar-refractivity contribution in [3.8, 4) is 12.4 Å². The molecule has 0 fully saturated rings. The Bertz CT molecular complexity index is 372. The zero-order valence-electron chi connectivity index (χ0n) is 4.85. The average molecular weight is 134 g/mol. The standard InChI is InChI=1S/C5H2N4O/c6-3-8-2-1-5(10)9(8)4-7/h1-2H. The summed E-state index contributed by atoms with van der Waals surface area (Å²) in [6, 6.07) is 1.15. The largest absolute Gasteiger partial charge is 0.281 e. The summed E-state index contributed by atoms with van der Waals surface area (Å²) in [5, 5.41) is 16.5. The molecule has 0 spiro atoms. The van der Waals surface area contributed by atoms with Gasteiger partial charge in [0.15, 0.2) is 0 Å². The Labute approximate surface area is 55.9 Å². The van der Waals surface area contributed by atoms with Gasteiger partial charge in [-0.1, -0.05) is 0 Å². The predicted octanol–water partition coefficient (Wildman–Crippen LogP) is -0.692. The second-order valence-corrected chi connectivity index (χ2v) is 1.51. The maximum absolute atomic E-state index is 10.6. The fraction of sp³-hybridized carbons (Fsp3) is 0. The van der Waals surface area contributed by atoms with Crippen molar-refractivity contribution in [2.24, 2.45) is 0 Å². The highest BCUT2D eigenvalue weighted by atomic mass is 16.1. The number of nitriles is 2. The molecule has 0 aliphatic rings. The molecule has 0 bridgehead atoms. The van der Waals surface area contributed by atoms with Crippen LogP contribution in [0.5, 0.6) is 0 Å². The smallest absolute Gasteiger partial charge is 0.267 e. The van der Waals surface area contributed by atoms with Gasteiger partial charge in [-0.25, -0.2) is 0 Å². The molecule has 0 unspecified atom stereocenters. The first-order valence-electron chi connectivity index (χ1n) is 2.40. The normalized spacial score (nSPS) is 8.20. The maximum Gasteiger partial charge on any atom is 0.281 e. The molecule has 0 saturated heterocycles. The van der Waals surface area contributed by atoms with E-state index in [0.29, 0.717) is 4.68 Å². The summed E-state index contributed by atoms with van der Waals surface area (Å²) >= 11 is 0. The third-order valence-corrected chi connectivity index (χ3v) is 0.980. The van der Waals surface area contributed by atoms with Crippen molar-refractivity contribution < 1.29 is 0 Å². The fourth-order valence-corrected chi connectivity index (χ4v) is 0.553. The molecule has 1 aromatic rings. The van der Waals surface area contributed by atoms with Crippen molar-refractivity contribution in [3.63, 3.8) is 0 Å². The van der Waals surface area contributed by atoms with Crippen LogP contribution in [0.4, 0.5) is 0 Å². The first kappa shape index (κ1) is 6.12. The van der Waals surface area contributed by atoms with Crippen LogP contribution < -0.4 is 5.56 Å². The van der Waals surface area contributed by atoms with Crippen LogP contribution >= 0.6 is 0 Å². The van der Waals surface area contributed by atoms with E-state index < -0.39 is 5.56 Å². The first-order valence-corrected chi connectivity index (χ1v) is 2.40. The van der Waals surface area contributed by atoms with Gasteiger partial charge in [-0.2, -0.15) is 15.2 Å². The number of nitrogens with zero attached hydrogens (tertiary/aromatic N) is 4. The Balaban J connectivity index is 3.49. The molecule has 1 heterocycles. The molecule has 0 N–H and O–H groups in total. The van der Waals surface area contributed by atoms with Crippen molar-refractivity contribution in [2.75, 3.05) is 0 Å². The van der Waals surface area contributed by atoms with Gasteiger partial charge >= 0.3 is 0 Å². The molecule has 0 radical (unpaired) electrons. The Kier molecular flexibility index (Phi) is 1.27. The summed E-state index contributed by atoms with van der Waals surface area (Å²) in [6.45, 7) is 0. The van der Waals surface area contributed by atoms with E-state index in [1.54, 1.807) is 6.19 Å². The van der Waals surface area contributed by atoms with Crippen molar-refractivity contribution in [3.05, 3.63) is 22.6 Å². The Hall–Kier alpha value is -2.01. The molecule has 0 aliphatic heterocycles. The van der Waals surface area contributed by atoms with Crippen molar-refractivity contribution in [2.45, 2.75) is 0 Å². The van der Waals surface area contributed by atoms with Gasteiger partial charge in [-0.3, -0.25) is 4.79 Å². The molecule has 5 nitrogen and oxygen atoms in total. The van der Waals surface area contributed by atoms with Crippen LogP contribution in [0.3, 0.4) is 0 Å². The van der Waals surface area contributed by atoms with Gasteiger partial charge in [-0.05, 0) is 0 Å². The second kappa shape index (κ2) is 2.08. The van der Waals surface area contributed by atoms with E-state index in [0.717, 1.165) is 10.7 Å². The molecular formula is C5H2N4O. The van der Waals surface area contributed by atoms with Gasteiger partial charge in [0.25, 0.3) is 5.56 Å². The van der Waals surface area contributed by atoms with Crippen LogP contribution in [-0.4, -0.2) is 9.36 Å². The summed E-state index contributed by atoms with van der Waals surface area (Å²) < 4.78 is 1.50. The summed E-state index contributed by atoms with van der Waals surface area (Å²) in [4.78, 5) is 10.6. The molecule has 1 aromatic heterocycles. The Morgan fingerprint density at radius 2 is 2.10 bits per heavy atom. The summed E-state index contributed by atoms with van der Waals surface area (Å²) in [7, 11) is 0. The highest BCUT2D eigenvalue weighted by molar-refractivity contribution is 4.96. The third-order valence-electron chi connectivity index (χ3n) is 0.980. The minimum absolute atomic E-state index is 0.496. The monoisotopic (exact) mass is 134 g/mol. The van der Waals surface area contributed by atoms with E-state index >= 15 is 0 Å². The zero-order valence-corrected chi connectivity index (χ0v) is 4.85. The number of hydrogen-bond acceptors (Lipinski definition) is 3.